The first-order valence-corrected chi connectivity index (χ1v) is 8.34. The Hall–Kier alpha value is -2.96. The van der Waals surface area contributed by atoms with Crippen LogP contribution in [0.5, 0.6) is 5.75 Å². The van der Waals surface area contributed by atoms with Crippen LogP contribution in [0, 0.1) is 6.92 Å². The van der Waals surface area contributed by atoms with E-state index < -0.39 is 0 Å². The maximum atomic E-state index is 11.6. The normalized spacial score (nSPS) is 10.6. The third-order valence-corrected chi connectivity index (χ3v) is 3.85. The lowest BCUT2D eigenvalue weighted by Crippen LogP contribution is -2.14. The highest BCUT2D eigenvalue weighted by molar-refractivity contribution is 5.94. The highest BCUT2D eigenvalue weighted by atomic mass is 16.5. The second-order valence-corrected chi connectivity index (χ2v) is 6.38. The molecule has 1 aromatic carbocycles. The molecule has 0 saturated carbocycles. The molecule has 1 heterocycles. The molecule has 0 aliphatic rings. The molecule has 26 heavy (non-hydrogen) atoms. The Kier molecular flexibility index (Phi) is 5.92. The summed E-state index contributed by atoms with van der Waals surface area (Å²) in [6.45, 7) is 8.90. The highest BCUT2D eigenvalue weighted by Gasteiger charge is 2.18. The molecule has 0 radical (unpaired) electrons. The van der Waals surface area contributed by atoms with Crippen molar-refractivity contribution in [2.75, 3.05) is 17.7 Å². The van der Waals surface area contributed by atoms with Gasteiger partial charge in [-0.2, -0.15) is 4.98 Å². The molecule has 0 saturated heterocycles. The minimum atomic E-state index is -0.283. The lowest BCUT2D eigenvalue weighted by Gasteiger charge is -2.18. The van der Waals surface area contributed by atoms with Crippen molar-refractivity contribution < 1.29 is 14.3 Å². The molecule has 7 heteroatoms. The van der Waals surface area contributed by atoms with Crippen molar-refractivity contribution in [1.29, 1.82) is 0 Å². The van der Waals surface area contributed by atoms with Crippen LogP contribution in [0.3, 0.4) is 0 Å². The number of hydrogen-bond donors (Lipinski definition) is 2. The molecule has 0 unspecified atom stereocenters. The van der Waals surface area contributed by atoms with E-state index in [1.54, 1.807) is 13.3 Å². The SMILES string of the molecule is COc1cc(C(C)C)c(-c2cnc(NC(C)=O)nc2NC(C)=O)cc1C. The lowest BCUT2D eigenvalue weighted by molar-refractivity contribution is -0.115. The van der Waals surface area contributed by atoms with E-state index in [1.165, 1.54) is 13.8 Å². The van der Waals surface area contributed by atoms with Gasteiger partial charge in [0.25, 0.3) is 0 Å². The average Bonchev–Trinajstić information content (AvgIpc) is 2.53. The van der Waals surface area contributed by atoms with Gasteiger partial charge in [0.2, 0.25) is 17.8 Å². The van der Waals surface area contributed by atoms with Crippen LogP contribution in [0.4, 0.5) is 11.8 Å². The van der Waals surface area contributed by atoms with Gasteiger partial charge in [0, 0.05) is 25.6 Å². The molecule has 2 rings (SSSR count). The summed E-state index contributed by atoms with van der Waals surface area (Å²) in [5, 5.41) is 5.26. The second kappa shape index (κ2) is 7.95. The van der Waals surface area contributed by atoms with Gasteiger partial charge in [-0.1, -0.05) is 13.8 Å². The Balaban J connectivity index is 2.68. The Morgan fingerprint density at radius 3 is 2.27 bits per heavy atom. The number of methoxy groups -OCH3 is 1. The molecule has 2 aromatic rings. The van der Waals surface area contributed by atoms with Gasteiger partial charge in [-0.25, -0.2) is 4.98 Å². The summed E-state index contributed by atoms with van der Waals surface area (Å²) in [6, 6.07) is 3.99. The smallest absolute Gasteiger partial charge is 0.231 e. The highest BCUT2D eigenvalue weighted by Crippen LogP contribution is 2.37. The van der Waals surface area contributed by atoms with Crippen molar-refractivity contribution in [3.05, 3.63) is 29.5 Å². The van der Waals surface area contributed by atoms with E-state index in [4.69, 9.17) is 4.74 Å². The first-order chi connectivity index (χ1) is 12.2. The van der Waals surface area contributed by atoms with E-state index in [0.29, 0.717) is 11.4 Å². The van der Waals surface area contributed by atoms with E-state index in [9.17, 15) is 9.59 Å². The number of benzene rings is 1. The topological polar surface area (TPSA) is 93.2 Å². The number of nitrogens with one attached hydrogen (secondary N) is 2. The minimum Gasteiger partial charge on any atom is -0.496 e. The first-order valence-electron chi connectivity index (χ1n) is 8.34. The zero-order valence-electron chi connectivity index (χ0n) is 15.9. The molecule has 0 bridgehead atoms. The Morgan fingerprint density at radius 1 is 1.08 bits per heavy atom. The van der Waals surface area contributed by atoms with Crippen LogP contribution in [0.2, 0.25) is 0 Å². The van der Waals surface area contributed by atoms with E-state index in [1.807, 2.05) is 19.1 Å². The molecular weight excluding hydrogens is 332 g/mol. The monoisotopic (exact) mass is 356 g/mol. The van der Waals surface area contributed by atoms with Gasteiger partial charge in [-0.15, -0.1) is 0 Å². The van der Waals surface area contributed by atoms with E-state index in [-0.39, 0.29) is 23.7 Å². The fourth-order valence-corrected chi connectivity index (χ4v) is 2.69. The van der Waals surface area contributed by atoms with Gasteiger partial charge in [-0.3, -0.25) is 14.9 Å². The molecular formula is C19H24N4O3. The number of carbonyl (C=O) groups is 2. The molecule has 0 spiro atoms. The van der Waals surface area contributed by atoms with E-state index >= 15 is 0 Å². The van der Waals surface area contributed by atoms with Gasteiger partial charge >= 0.3 is 0 Å². The Labute approximate surface area is 153 Å². The average molecular weight is 356 g/mol. The van der Waals surface area contributed by atoms with Crippen LogP contribution in [0.15, 0.2) is 18.3 Å². The fraction of sp³-hybridized carbons (Fsp3) is 0.368. The van der Waals surface area contributed by atoms with Crippen molar-refractivity contribution in [1.82, 2.24) is 9.97 Å². The van der Waals surface area contributed by atoms with E-state index in [0.717, 1.165) is 22.4 Å². The number of rotatable bonds is 5. The molecule has 0 aliphatic carbocycles. The minimum absolute atomic E-state index is 0.140. The summed E-state index contributed by atoms with van der Waals surface area (Å²) in [5.41, 5.74) is 3.61. The van der Waals surface area contributed by atoms with Crippen LogP contribution in [-0.4, -0.2) is 28.9 Å². The van der Waals surface area contributed by atoms with Crippen molar-refractivity contribution in [3.8, 4) is 16.9 Å². The number of ether oxygens (including phenoxy) is 1. The van der Waals surface area contributed by atoms with Gasteiger partial charge in [0.1, 0.15) is 11.6 Å². The number of aromatic nitrogens is 2. The number of carbonyl (C=O) groups excluding carboxylic acids is 2. The predicted molar refractivity (Wildman–Crippen MR) is 101 cm³/mol. The van der Waals surface area contributed by atoms with Crippen LogP contribution in [-0.2, 0) is 9.59 Å². The fourth-order valence-electron chi connectivity index (χ4n) is 2.69. The summed E-state index contributed by atoms with van der Waals surface area (Å²) in [7, 11) is 1.64. The molecule has 0 aliphatic heterocycles. The van der Waals surface area contributed by atoms with Gasteiger partial charge < -0.3 is 10.1 Å². The molecule has 1 aromatic heterocycles. The number of aryl methyl sites for hydroxylation is 1. The number of amides is 2. The molecule has 0 fully saturated rings. The molecule has 138 valence electrons. The zero-order valence-corrected chi connectivity index (χ0v) is 15.9. The number of nitrogens with zero attached hydrogens (tertiary/aromatic N) is 2. The molecule has 7 nitrogen and oxygen atoms in total. The first kappa shape index (κ1) is 19.4. The van der Waals surface area contributed by atoms with Crippen LogP contribution >= 0.6 is 0 Å². The predicted octanol–water partition coefficient (Wildman–Crippen LogP) is 3.50. The summed E-state index contributed by atoms with van der Waals surface area (Å²) >= 11 is 0. The third-order valence-electron chi connectivity index (χ3n) is 3.85. The van der Waals surface area contributed by atoms with Gasteiger partial charge in [0.15, 0.2) is 0 Å². The van der Waals surface area contributed by atoms with Crippen molar-refractivity contribution in [2.24, 2.45) is 0 Å². The standard InChI is InChI=1S/C19H24N4O3/c1-10(2)14-8-17(26-6)11(3)7-15(14)16-9-20-19(22-13(5)25)23-18(16)21-12(4)24/h7-10H,1-6H3,(H2,20,21,22,23,24,25). The summed E-state index contributed by atoms with van der Waals surface area (Å²) in [5.74, 6) is 0.975. The number of hydrogen-bond acceptors (Lipinski definition) is 5. The molecule has 0 atom stereocenters. The zero-order chi connectivity index (χ0) is 19.4. The van der Waals surface area contributed by atoms with Gasteiger partial charge in [-0.05, 0) is 41.7 Å². The summed E-state index contributed by atoms with van der Waals surface area (Å²) < 4.78 is 5.44. The third kappa shape index (κ3) is 4.36. The summed E-state index contributed by atoms with van der Waals surface area (Å²) in [6.07, 6.45) is 1.61. The quantitative estimate of drug-likeness (QED) is 0.855. The van der Waals surface area contributed by atoms with Crippen LogP contribution < -0.4 is 15.4 Å². The van der Waals surface area contributed by atoms with E-state index in [2.05, 4.69) is 34.4 Å². The number of anilines is 2. The lowest BCUT2D eigenvalue weighted by atomic mass is 9.91. The summed E-state index contributed by atoms with van der Waals surface area (Å²) in [4.78, 5) is 31.4. The molecule has 2 N–H and O–H groups in total. The Bertz CT molecular complexity index is 847. The second-order valence-electron chi connectivity index (χ2n) is 6.38. The van der Waals surface area contributed by atoms with Crippen molar-refractivity contribution >= 4 is 23.6 Å². The van der Waals surface area contributed by atoms with Crippen molar-refractivity contribution in [2.45, 2.75) is 40.5 Å². The largest absolute Gasteiger partial charge is 0.496 e. The maximum Gasteiger partial charge on any atom is 0.231 e. The maximum absolute atomic E-state index is 11.6. The van der Waals surface area contributed by atoms with Crippen LogP contribution in [0.1, 0.15) is 44.7 Å². The van der Waals surface area contributed by atoms with Gasteiger partial charge in [0.05, 0.1) is 7.11 Å². The van der Waals surface area contributed by atoms with Crippen molar-refractivity contribution in [3.63, 3.8) is 0 Å². The van der Waals surface area contributed by atoms with Crippen LogP contribution in [0.25, 0.3) is 11.1 Å². The Morgan fingerprint density at radius 2 is 1.73 bits per heavy atom. The molecule has 2 amide bonds.